The number of anilines is 1. The molecule has 94 valence electrons. The molecule has 0 aromatic carbocycles. The van der Waals surface area contributed by atoms with Crippen LogP contribution in [0.4, 0.5) is 5.13 Å². The lowest BCUT2D eigenvalue weighted by Crippen LogP contribution is -2.36. The number of carbonyl (C=O) groups is 2. The van der Waals surface area contributed by atoms with Gasteiger partial charge in [0.25, 0.3) is 0 Å². The first-order chi connectivity index (χ1) is 8.66. The number of aliphatic carboxylic acids is 1. The molecule has 0 aliphatic heterocycles. The van der Waals surface area contributed by atoms with Crippen molar-refractivity contribution in [1.29, 1.82) is 0 Å². The van der Waals surface area contributed by atoms with Crippen LogP contribution in [0, 0.1) is 23.7 Å². The molecule has 3 rings (SSSR count). The predicted octanol–water partition coefficient (Wildman–Crippen LogP) is 1.60. The number of aromatic nitrogens is 1. The van der Waals surface area contributed by atoms with E-state index in [1.807, 2.05) is 12.2 Å². The molecule has 2 aliphatic carbocycles. The van der Waals surface area contributed by atoms with Crippen LogP contribution in [0.3, 0.4) is 0 Å². The van der Waals surface area contributed by atoms with Crippen molar-refractivity contribution >= 4 is 28.3 Å². The average Bonchev–Trinajstić information content (AvgIpc) is 3.03. The molecule has 1 aromatic rings. The number of carboxylic acid groups (broad SMARTS) is 1. The van der Waals surface area contributed by atoms with Gasteiger partial charge in [-0.3, -0.25) is 9.59 Å². The molecule has 4 atom stereocenters. The third-order valence-electron chi connectivity index (χ3n) is 3.71. The smallest absolute Gasteiger partial charge is 0.307 e. The Kier molecular flexibility index (Phi) is 2.66. The minimum Gasteiger partial charge on any atom is -0.481 e. The zero-order valence-electron chi connectivity index (χ0n) is 9.45. The summed E-state index contributed by atoms with van der Waals surface area (Å²) in [4.78, 5) is 27.4. The third-order valence-corrected chi connectivity index (χ3v) is 4.40. The lowest BCUT2D eigenvalue weighted by molar-refractivity contribution is -0.146. The summed E-state index contributed by atoms with van der Waals surface area (Å²) < 4.78 is 0. The zero-order chi connectivity index (χ0) is 12.7. The molecule has 6 heteroatoms. The third kappa shape index (κ3) is 1.73. The van der Waals surface area contributed by atoms with Crippen LogP contribution in [0.1, 0.15) is 6.42 Å². The minimum atomic E-state index is -0.883. The number of hydrogen-bond donors (Lipinski definition) is 2. The van der Waals surface area contributed by atoms with Gasteiger partial charge in [0.15, 0.2) is 5.13 Å². The van der Waals surface area contributed by atoms with Crippen molar-refractivity contribution in [3.63, 3.8) is 0 Å². The number of carboxylic acids is 1. The van der Waals surface area contributed by atoms with Crippen molar-refractivity contribution in [3.8, 4) is 0 Å². The number of amides is 1. The lowest BCUT2D eigenvalue weighted by atomic mass is 9.82. The molecule has 0 radical (unpaired) electrons. The maximum atomic E-state index is 12.2. The van der Waals surface area contributed by atoms with Crippen molar-refractivity contribution in [1.82, 2.24) is 4.98 Å². The molecule has 5 nitrogen and oxygen atoms in total. The molecule has 1 heterocycles. The Morgan fingerprint density at radius 1 is 1.33 bits per heavy atom. The van der Waals surface area contributed by atoms with E-state index in [9.17, 15) is 14.7 Å². The highest BCUT2D eigenvalue weighted by molar-refractivity contribution is 7.13. The molecular formula is C12H12N2O3S. The number of thiazole rings is 1. The summed E-state index contributed by atoms with van der Waals surface area (Å²) in [5.74, 6) is -2.13. The maximum absolute atomic E-state index is 12.2. The Morgan fingerprint density at radius 3 is 2.67 bits per heavy atom. The zero-order valence-corrected chi connectivity index (χ0v) is 10.3. The second-order valence-electron chi connectivity index (χ2n) is 4.66. The molecule has 18 heavy (non-hydrogen) atoms. The van der Waals surface area contributed by atoms with Crippen LogP contribution < -0.4 is 5.32 Å². The van der Waals surface area contributed by atoms with Crippen LogP contribution >= 0.6 is 11.3 Å². The van der Waals surface area contributed by atoms with E-state index in [0.29, 0.717) is 5.13 Å². The van der Waals surface area contributed by atoms with Gasteiger partial charge in [-0.15, -0.1) is 11.3 Å². The summed E-state index contributed by atoms with van der Waals surface area (Å²) in [7, 11) is 0. The molecule has 1 amide bonds. The van der Waals surface area contributed by atoms with Gasteiger partial charge in [-0.25, -0.2) is 4.98 Å². The lowest BCUT2D eigenvalue weighted by Gasteiger charge is -2.23. The number of nitrogens with zero attached hydrogens (tertiary/aromatic N) is 1. The highest BCUT2D eigenvalue weighted by atomic mass is 32.1. The Morgan fingerprint density at radius 2 is 2.06 bits per heavy atom. The van der Waals surface area contributed by atoms with Crippen LogP contribution in [-0.4, -0.2) is 22.0 Å². The molecule has 0 saturated heterocycles. The van der Waals surface area contributed by atoms with Gasteiger partial charge in [-0.05, 0) is 18.3 Å². The second kappa shape index (κ2) is 4.20. The summed E-state index contributed by atoms with van der Waals surface area (Å²) in [6.45, 7) is 0. The van der Waals surface area contributed by atoms with Gasteiger partial charge in [0.1, 0.15) is 0 Å². The molecule has 1 fully saturated rings. The molecule has 0 unspecified atom stereocenters. The second-order valence-corrected chi connectivity index (χ2v) is 5.56. The van der Waals surface area contributed by atoms with Crippen molar-refractivity contribution < 1.29 is 14.7 Å². The van der Waals surface area contributed by atoms with Crippen LogP contribution in [0.15, 0.2) is 23.7 Å². The van der Waals surface area contributed by atoms with Crippen LogP contribution in [-0.2, 0) is 9.59 Å². The molecule has 0 spiro atoms. The number of allylic oxidation sites excluding steroid dienone is 2. The summed E-state index contributed by atoms with van der Waals surface area (Å²) in [6, 6.07) is 0. The van der Waals surface area contributed by atoms with E-state index in [0.717, 1.165) is 6.42 Å². The van der Waals surface area contributed by atoms with Gasteiger partial charge in [0.2, 0.25) is 5.91 Å². The van der Waals surface area contributed by atoms with Gasteiger partial charge >= 0.3 is 5.97 Å². The highest BCUT2D eigenvalue weighted by Crippen LogP contribution is 2.48. The predicted molar refractivity (Wildman–Crippen MR) is 66.1 cm³/mol. The summed E-state index contributed by atoms with van der Waals surface area (Å²) >= 11 is 1.33. The van der Waals surface area contributed by atoms with E-state index < -0.39 is 17.8 Å². The fraction of sp³-hybridized carbons (Fsp3) is 0.417. The fourth-order valence-corrected chi connectivity index (χ4v) is 3.52. The molecule has 1 saturated carbocycles. The summed E-state index contributed by atoms with van der Waals surface area (Å²) in [5, 5.41) is 14.3. The first-order valence-electron chi connectivity index (χ1n) is 5.78. The minimum absolute atomic E-state index is 0.000421. The normalized spacial score (nSPS) is 32.7. The van der Waals surface area contributed by atoms with Gasteiger partial charge < -0.3 is 10.4 Å². The van der Waals surface area contributed by atoms with E-state index >= 15 is 0 Å². The molecule has 2 N–H and O–H groups in total. The first kappa shape index (κ1) is 11.4. The Labute approximate surface area is 108 Å². The summed E-state index contributed by atoms with van der Waals surface area (Å²) in [6.07, 6.45) is 6.27. The fourth-order valence-electron chi connectivity index (χ4n) is 2.99. The van der Waals surface area contributed by atoms with Crippen LogP contribution in [0.25, 0.3) is 0 Å². The van der Waals surface area contributed by atoms with Gasteiger partial charge in [0, 0.05) is 11.6 Å². The molecule has 2 bridgehead atoms. The quantitative estimate of drug-likeness (QED) is 0.813. The Bertz CT molecular complexity index is 511. The largest absolute Gasteiger partial charge is 0.481 e. The SMILES string of the molecule is O=C(Nc1nccs1)[C@@H]1[C@H](C(=O)O)[C@H]2C=C[C@H]1C2. The summed E-state index contributed by atoms with van der Waals surface area (Å²) in [5.41, 5.74) is 0. The van der Waals surface area contributed by atoms with Gasteiger partial charge in [0.05, 0.1) is 11.8 Å². The Balaban J connectivity index is 1.80. The van der Waals surface area contributed by atoms with Crippen molar-refractivity contribution in [2.75, 3.05) is 5.32 Å². The number of fused-ring (bicyclic) bond motifs is 2. The molecule has 1 aromatic heterocycles. The number of rotatable bonds is 3. The number of carbonyl (C=O) groups excluding carboxylic acids is 1. The first-order valence-corrected chi connectivity index (χ1v) is 6.66. The van der Waals surface area contributed by atoms with E-state index in [1.165, 1.54) is 11.3 Å². The monoisotopic (exact) mass is 264 g/mol. The van der Waals surface area contributed by atoms with Crippen molar-refractivity contribution in [2.45, 2.75) is 6.42 Å². The number of nitrogens with one attached hydrogen (secondary N) is 1. The van der Waals surface area contributed by atoms with Crippen molar-refractivity contribution in [3.05, 3.63) is 23.7 Å². The van der Waals surface area contributed by atoms with Gasteiger partial charge in [-0.1, -0.05) is 12.2 Å². The van der Waals surface area contributed by atoms with Crippen molar-refractivity contribution in [2.24, 2.45) is 23.7 Å². The average molecular weight is 264 g/mol. The van der Waals surface area contributed by atoms with Gasteiger partial charge in [-0.2, -0.15) is 0 Å². The van der Waals surface area contributed by atoms with Crippen LogP contribution in [0.5, 0.6) is 0 Å². The molecular weight excluding hydrogens is 252 g/mol. The van der Waals surface area contributed by atoms with E-state index in [-0.39, 0.29) is 17.7 Å². The highest BCUT2D eigenvalue weighted by Gasteiger charge is 2.51. The van der Waals surface area contributed by atoms with E-state index in [4.69, 9.17) is 0 Å². The molecule has 2 aliphatic rings. The number of hydrogen-bond acceptors (Lipinski definition) is 4. The van der Waals surface area contributed by atoms with E-state index in [2.05, 4.69) is 10.3 Å². The topological polar surface area (TPSA) is 79.3 Å². The Hall–Kier alpha value is -1.69. The van der Waals surface area contributed by atoms with E-state index in [1.54, 1.807) is 11.6 Å². The maximum Gasteiger partial charge on any atom is 0.307 e. The van der Waals surface area contributed by atoms with Crippen LogP contribution in [0.2, 0.25) is 0 Å². The standard InChI is InChI=1S/C12H12N2O3S/c15-10(14-12-13-3-4-18-12)8-6-1-2-7(5-6)9(8)11(16)17/h1-4,6-9H,5H2,(H,16,17)(H,13,14,15)/t6-,7-,8-,9+/m0/s1.